The van der Waals surface area contributed by atoms with E-state index in [1.54, 1.807) is 0 Å². The molecule has 0 saturated heterocycles. The first-order chi connectivity index (χ1) is 14.2. The molecule has 0 aliphatic carbocycles. The number of rotatable bonds is 5. The van der Waals surface area contributed by atoms with Crippen LogP contribution in [0.4, 0.5) is 0 Å². The van der Waals surface area contributed by atoms with Gasteiger partial charge in [-0.2, -0.15) is 0 Å². The molecule has 0 fully saturated rings. The van der Waals surface area contributed by atoms with Crippen LogP contribution >= 0.6 is 11.6 Å². The Hall–Kier alpha value is -3.05. The molecule has 0 aliphatic rings. The fourth-order valence-electron chi connectivity index (χ4n) is 3.68. The van der Waals surface area contributed by atoms with Gasteiger partial charge in [0, 0.05) is 33.6 Å². The molecule has 0 bridgehead atoms. The summed E-state index contributed by atoms with van der Waals surface area (Å²) in [5.41, 5.74) is 10.5. The lowest BCUT2D eigenvalue weighted by atomic mass is 9.92. The predicted octanol–water partition coefficient (Wildman–Crippen LogP) is 5.89. The largest absolute Gasteiger partial charge is 0.364 e. The molecule has 0 unspecified atom stereocenters. The third kappa shape index (κ3) is 3.85. The highest BCUT2D eigenvalue weighted by atomic mass is 35.5. The first-order valence-electron chi connectivity index (χ1n) is 9.96. The SMILES string of the molecule is CC(C)(C)CCn1cnc(-c2ccccc2)c1-c1c(C(N)=O)[nH]c2cc(Cl)ccc12. The van der Waals surface area contributed by atoms with Crippen molar-refractivity contribution in [3.63, 3.8) is 0 Å². The minimum atomic E-state index is -0.514. The van der Waals surface area contributed by atoms with Crippen molar-refractivity contribution in [3.8, 4) is 22.5 Å². The molecule has 6 heteroatoms. The maximum Gasteiger partial charge on any atom is 0.265 e. The number of aromatic amines is 1. The summed E-state index contributed by atoms with van der Waals surface area (Å²) in [5.74, 6) is -0.514. The van der Waals surface area contributed by atoms with Crippen LogP contribution in [0.25, 0.3) is 33.4 Å². The lowest BCUT2D eigenvalue weighted by Crippen LogP contribution is -2.14. The fourth-order valence-corrected chi connectivity index (χ4v) is 3.85. The van der Waals surface area contributed by atoms with E-state index in [0.29, 0.717) is 10.7 Å². The number of imidazole rings is 1. The number of aryl methyl sites for hydroxylation is 1. The molecule has 4 rings (SSSR count). The van der Waals surface area contributed by atoms with Crippen molar-refractivity contribution in [3.05, 3.63) is 65.6 Å². The van der Waals surface area contributed by atoms with Crippen LogP contribution in [0, 0.1) is 5.41 Å². The second kappa shape index (κ2) is 7.65. The van der Waals surface area contributed by atoms with Crippen LogP contribution in [-0.4, -0.2) is 20.4 Å². The van der Waals surface area contributed by atoms with E-state index in [0.717, 1.165) is 46.4 Å². The maximum atomic E-state index is 12.4. The highest BCUT2D eigenvalue weighted by Crippen LogP contribution is 2.39. The fraction of sp³-hybridized carbons (Fsp3) is 0.250. The Morgan fingerprint density at radius 3 is 2.57 bits per heavy atom. The van der Waals surface area contributed by atoms with Gasteiger partial charge in [-0.1, -0.05) is 68.8 Å². The van der Waals surface area contributed by atoms with Crippen LogP contribution in [0.2, 0.25) is 5.02 Å². The quantitative estimate of drug-likeness (QED) is 0.422. The number of benzene rings is 2. The van der Waals surface area contributed by atoms with Crippen molar-refractivity contribution in [2.24, 2.45) is 11.1 Å². The molecule has 1 amide bonds. The lowest BCUT2D eigenvalue weighted by molar-refractivity contribution is 0.0997. The van der Waals surface area contributed by atoms with Crippen molar-refractivity contribution >= 4 is 28.4 Å². The van der Waals surface area contributed by atoms with Crippen molar-refractivity contribution in [1.82, 2.24) is 14.5 Å². The maximum absolute atomic E-state index is 12.4. The molecule has 0 spiro atoms. The second-order valence-electron chi connectivity index (χ2n) is 8.74. The summed E-state index contributed by atoms with van der Waals surface area (Å²) >= 11 is 6.19. The summed E-state index contributed by atoms with van der Waals surface area (Å²) < 4.78 is 2.12. The molecule has 4 aromatic rings. The van der Waals surface area contributed by atoms with Crippen molar-refractivity contribution in [2.75, 3.05) is 0 Å². The number of nitrogens with two attached hydrogens (primary N) is 1. The van der Waals surface area contributed by atoms with Gasteiger partial charge < -0.3 is 15.3 Å². The van der Waals surface area contributed by atoms with Crippen molar-refractivity contribution < 1.29 is 4.79 Å². The lowest BCUT2D eigenvalue weighted by Gasteiger charge is -2.19. The number of halogens is 1. The smallest absolute Gasteiger partial charge is 0.265 e. The van der Waals surface area contributed by atoms with E-state index in [9.17, 15) is 4.79 Å². The van der Waals surface area contributed by atoms with Gasteiger partial charge in [-0.3, -0.25) is 4.79 Å². The number of amides is 1. The van der Waals surface area contributed by atoms with E-state index < -0.39 is 5.91 Å². The highest BCUT2D eigenvalue weighted by molar-refractivity contribution is 6.31. The monoisotopic (exact) mass is 420 g/mol. The number of nitrogens with one attached hydrogen (secondary N) is 1. The van der Waals surface area contributed by atoms with Crippen LogP contribution in [0.15, 0.2) is 54.9 Å². The Morgan fingerprint density at radius 2 is 1.90 bits per heavy atom. The van der Waals surface area contributed by atoms with Gasteiger partial charge in [0.2, 0.25) is 0 Å². The van der Waals surface area contributed by atoms with Crippen LogP contribution in [0.5, 0.6) is 0 Å². The summed E-state index contributed by atoms with van der Waals surface area (Å²) in [6.07, 6.45) is 2.81. The molecule has 2 aromatic carbocycles. The minimum Gasteiger partial charge on any atom is -0.364 e. The summed E-state index contributed by atoms with van der Waals surface area (Å²) in [6.45, 7) is 7.41. The number of fused-ring (bicyclic) bond motifs is 1. The molecule has 0 radical (unpaired) electrons. The zero-order valence-electron chi connectivity index (χ0n) is 17.4. The predicted molar refractivity (Wildman–Crippen MR) is 123 cm³/mol. The zero-order valence-corrected chi connectivity index (χ0v) is 18.1. The van der Waals surface area contributed by atoms with Gasteiger partial charge in [0.25, 0.3) is 5.91 Å². The molecule has 5 nitrogen and oxygen atoms in total. The number of hydrogen-bond donors (Lipinski definition) is 2. The molecule has 0 aliphatic heterocycles. The molecular weight excluding hydrogens is 396 g/mol. The highest BCUT2D eigenvalue weighted by Gasteiger charge is 2.25. The van der Waals surface area contributed by atoms with Crippen molar-refractivity contribution in [2.45, 2.75) is 33.7 Å². The zero-order chi connectivity index (χ0) is 21.5. The Kier molecular flexibility index (Phi) is 5.16. The van der Waals surface area contributed by atoms with E-state index in [-0.39, 0.29) is 5.41 Å². The van der Waals surface area contributed by atoms with Gasteiger partial charge in [0.15, 0.2) is 0 Å². The third-order valence-corrected chi connectivity index (χ3v) is 5.47. The average Bonchev–Trinajstić information content (AvgIpc) is 3.27. The van der Waals surface area contributed by atoms with Gasteiger partial charge in [0.1, 0.15) is 5.69 Å². The van der Waals surface area contributed by atoms with E-state index in [1.165, 1.54) is 0 Å². The first-order valence-corrected chi connectivity index (χ1v) is 10.3. The van der Waals surface area contributed by atoms with E-state index in [1.807, 2.05) is 54.9 Å². The molecule has 2 heterocycles. The Labute approximate surface area is 180 Å². The summed E-state index contributed by atoms with van der Waals surface area (Å²) in [5, 5.41) is 1.48. The summed E-state index contributed by atoms with van der Waals surface area (Å²) in [4.78, 5) is 20.3. The molecule has 0 saturated carbocycles. The number of nitrogens with zero attached hydrogens (tertiary/aromatic N) is 2. The summed E-state index contributed by atoms with van der Waals surface area (Å²) in [7, 11) is 0. The van der Waals surface area contributed by atoms with Crippen LogP contribution < -0.4 is 5.73 Å². The number of H-pyrrole nitrogens is 1. The number of carbonyl (C=O) groups is 1. The van der Waals surface area contributed by atoms with Crippen LogP contribution in [-0.2, 0) is 6.54 Å². The van der Waals surface area contributed by atoms with E-state index in [4.69, 9.17) is 22.3 Å². The van der Waals surface area contributed by atoms with Gasteiger partial charge in [-0.25, -0.2) is 4.98 Å². The Balaban J connectivity index is 2.00. The number of carbonyl (C=O) groups excluding carboxylic acids is 1. The summed E-state index contributed by atoms with van der Waals surface area (Å²) in [6, 6.07) is 15.5. The number of aromatic nitrogens is 3. The first kappa shape index (κ1) is 20.2. The molecule has 154 valence electrons. The molecule has 30 heavy (non-hydrogen) atoms. The van der Waals surface area contributed by atoms with Gasteiger partial charge in [0.05, 0.1) is 17.7 Å². The van der Waals surface area contributed by atoms with Gasteiger partial charge >= 0.3 is 0 Å². The van der Waals surface area contributed by atoms with Gasteiger partial charge in [-0.15, -0.1) is 0 Å². The van der Waals surface area contributed by atoms with Gasteiger partial charge in [-0.05, 0) is 24.0 Å². The minimum absolute atomic E-state index is 0.161. The Bertz CT molecular complexity index is 1220. The van der Waals surface area contributed by atoms with E-state index >= 15 is 0 Å². The molecule has 3 N–H and O–H groups in total. The van der Waals surface area contributed by atoms with Crippen molar-refractivity contribution in [1.29, 1.82) is 0 Å². The molecular formula is C24H25ClN4O. The Morgan fingerprint density at radius 1 is 1.17 bits per heavy atom. The molecule has 0 atom stereocenters. The number of hydrogen-bond acceptors (Lipinski definition) is 2. The molecule has 2 aromatic heterocycles. The topological polar surface area (TPSA) is 76.7 Å². The average molecular weight is 421 g/mol. The standard InChI is InChI=1S/C24H25ClN4O/c1-24(2,3)11-12-29-14-27-20(15-7-5-4-6-8-15)22(29)19-17-10-9-16(25)13-18(17)28-21(19)23(26)30/h4-10,13-14,28H,11-12H2,1-3H3,(H2,26,30). The normalized spacial score (nSPS) is 11.9. The second-order valence-corrected chi connectivity index (χ2v) is 9.18. The third-order valence-electron chi connectivity index (χ3n) is 5.23. The van der Waals surface area contributed by atoms with Crippen LogP contribution in [0.3, 0.4) is 0 Å². The van der Waals surface area contributed by atoms with E-state index in [2.05, 4.69) is 30.3 Å². The number of primary amides is 1. The van der Waals surface area contributed by atoms with Crippen LogP contribution in [0.1, 0.15) is 37.7 Å².